The maximum Gasteiger partial charge on any atom is 0.573 e. The molecule has 1 aliphatic rings. The predicted molar refractivity (Wildman–Crippen MR) is 133 cm³/mol. The first-order valence-electron chi connectivity index (χ1n) is 12.9. The first-order valence-corrected chi connectivity index (χ1v) is 12.9. The van der Waals surface area contributed by atoms with E-state index in [0.717, 1.165) is 23.8 Å². The van der Waals surface area contributed by atoms with Crippen molar-refractivity contribution in [3.8, 4) is 17.6 Å². The summed E-state index contributed by atoms with van der Waals surface area (Å²) in [5.41, 5.74) is 2.89. The molecule has 3 rings (SSSR count). The van der Waals surface area contributed by atoms with Gasteiger partial charge in [-0.25, -0.2) is 0 Å². The smallest absolute Gasteiger partial charge is 0.406 e. The van der Waals surface area contributed by atoms with Crippen molar-refractivity contribution >= 4 is 0 Å². The Morgan fingerprint density at radius 3 is 1.82 bits per heavy atom. The van der Waals surface area contributed by atoms with Gasteiger partial charge in [0.05, 0.1) is 0 Å². The predicted octanol–water partition coefficient (Wildman–Crippen LogP) is 9.08. The maximum absolute atomic E-state index is 12.2. The number of aryl methyl sites for hydroxylation is 1. The molecule has 1 fully saturated rings. The lowest BCUT2D eigenvalue weighted by molar-refractivity contribution is -0.274. The van der Waals surface area contributed by atoms with Crippen molar-refractivity contribution in [3.05, 3.63) is 65.2 Å². The van der Waals surface area contributed by atoms with E-state index in [4.69, 9.17) is 0 Å². The van der Waals surface area contributed by atoms with Gasteiger partial charge < -0.3 is 4.74 Å². The van der Waals surface area contributed by atoms with Gasteiger partial charge in [0.1, 0.15) is 5.75 Å². The Hall–Kier alpha value is -2.41. The fourth-order valence-corrected chi connectivity index (χ4v) is 4.86. The van der Waals surface area contributed by atoms with E-state index in [1.165, 1.54) is 100 Å². The molecule has 0 aliphatic heterocycles. The average Bonchev–Trinajstić information content (AvgIpc) is 2.83. The van der Waals surface area contributed by atoms with Crippen LogP contribution in [0.25, 0.3) is 0 Å². The van der Waals surface area contributed by atoms with Crippen LogP contribution in [0.5, 0.6) is 5.75 Å². The van der Waals surface area contributed by atoms with Gasteiger partial charge in [0, 0.05) is 11.1 Å². The van der Waals surface area contributed by atoms with Gasteiger partial charge in [-0.3, -0.25) is 0 Å². The van der Waals surface area contributed by atoms with Crippen molar-refractivity contribution < 1.29 is 17.9 Å². The van der Waals surface area contributed by atoms with Gasteiger partial charge in [-0.05, 0) is 66.6 Å². The standard InChI is InChI=1S/C30H37F3O/c1-2-3-4-5-6-7-24-8-10-25(11-9-24)12-13-26-14-16-27(17-15-26)18-19-28-20-22-29(23-21-28)34-30(31,32)33/h14-17,20-25H,2-13H2,1H3. The van der Waals surface area contributed by atoms with E-state index in [0.29, 0.717) is 5.56 Å². The summed E-state index contributed by atoms with van der Waals surface area (Å²) in [7, 11) is 0. The fraction of sp³-hybridized carbons (Fsp3) is 0.533. The lowest BCUT2D eigenvalue weighted by Crippen LogP contribution is -2.16. The van der Waals surface area contributed by atoms with Crippen LogP contribution in [-0.4, -0.2) is 6.36 Å². The summed E-state index contributed by atoms with van der Waals surface area (Å²) in [4.78, 5) is 0. The highest BCUT2D eigenvalue weighted by Crippen LogP contribution is 2.34. The molecule has 2 aromatic carbocycles. The van der Waals surface area contributed by atoms with Crippen LogP contribution in [0.1, 0.15) is 94.2 Å². The first kappa shape index (κ1) is 26.2. The van der Waals surface area contributed by atoms with E-state index in [9.17, 15) is 13.2 Å². The molecule has 1 aliphatic carbocycles. The number of benzene rings is 2. The van der Waals surface area contributed by atoms with E-state index >= 15 is 0 Å². The van der Waals surface area contributed by atoms with Crippen LogP contribution < -0.4 is 4.74 Å². The third kappa shape index (κ3) is 9.84. The van der Waals surface area contributed by atoms with Crippen molar-refractivity contribution in [3.63, 3.8) is 0 Å². The lowest BCUT2D eigenvalue weighted by atomic mass is 9.77. The molecule has 0 amide bonds. The van der Waals surface area contributed by atoms with Crippen LogP contribution in [0.2, 0.25) is 0 Å². The molecule has 0 saturated heterocycles. The molecule has 1 saturated carbocycles. The van der Waals surface area contributed by atoms with Crippen molar-refractivity contribution in [1.82, 2.24) is 0 Å². The van der Waals surface area contributed by atoms with Gasteiger partial charge in [0.15, 0.2) is 0 Å². The summed E-state index contributed by atoms with van der Waals surface area (Å²) < 4.78 is 40.6. The Morgan fingerprint density at radius 2 is 1.26 bits per heavy atom. The van der Waals surface area contributed by atoms with Gasteiger partial charge in [-0.15, -0.1) is 13.2 Å². The maximum atomic E-state index is 12.2. The molecule has 0 radical (unpaired) electrons. The van der Waals surface area contributed by atoms with Crippen LogP contribution in [-0.2, 0) is 6.42 Å². The van der Waals surface area contributed by atoms with E-state index in [1.54, 1.807) is 0 Å². The topological polar surface area (TPSA) is 9.23 Å². The van der Waals surface area contributed by atoms with Crippen molar-refractivity contribution in [2.75, 3.05) is 0 Å². The monoisotopic (exact) mass is 470 g/mol. The van der Waals surface area contributed by atoms with E-state index < -0.39 is 6.36 Å². The van der Waals surface area contributed by atoms with Crippen LogP contribution in [0.3, 0.4) is 0 Å². The minimum Gasteiger partial charge on any atom is -0.406 e. The van der Waals surface area contributed by atoms with E-state index in [1.807, 2.05) is 12.1 Å². The number of alkyl halides is 3. The summed E-state index contributed by atoms with van der Waals surface area (Å²) in [5, 5.41) is 0. The molecule has 2 aromatic rings. The third-order valence-corrected chi connectivity index (χ3v) is 6.92. The molecular weight excluding hydrogens is 433 g/mol. The van der Waals surface area contributed by atoms with Gasteiger partial charge in [-0.2, -0.15) is 0 Å². The van der Waals surface area contributed by atoms with Gasteiger partial charge in [-0.1, -0.05) is 95.1 Å². The number of unbranched alkanes of at least 4 members (excludes halogenated alkanes) is 4. The van der Waals surface area contributed by atoms with Crippen LogP contribution >= 0.6 is 0 Å². The third-order valence-electron chi connectivity index (χ3n) is 6.92. The zero-order chi connectivity index (χ0) is 24.2. The molecule has 34 heavy (non-hydrogen) atoms. The van der Waals surface area contributed by atoms with E-state index in [2.05, 4.69) is 35.6 Å². The summed E-state index contributed by atoms with van der Waals surface area (Å²) in [6.07, 6.45) is 11.7. The number of hydrogen-bond donors (Lipinski definition) is 0. The second-order valence-electron chi connectivity index (χ2n) is 9.65. The highest BCUT2D eigenvalue weighted by molar-refractivity contribution is 5.44. The quantitative estimate of drug-likeness (QED) is 0.248. The number of ether oxygens (including phenoxy) is 1. The Labute approximate surface area is 203 Å². The summed E-state index contributed by atoms with van der Waals surface area (Å²) in [6, 6.07) is 14.0. The Bertz CT molecular complexity index is 895. The normalized spacial score (nSPS) is 18.2. The minimum atomic E-state index is -4.68. The fourth-order valence-electron chi connectivity index (χ4n) is 4.86. The molecule has 0 aromatic heterocycles. The molecule has 0 bridgehead atoms. The van der Waals surface area contributed by atoms with Gasteiger partial charge in [0.25, 0.3) is 0 Å². The highest BCUT2D eigenvalue weighted by atomic mass is 19.4. The Kier molecular flexibility index (Phi) is 10.4. The zero-order valence-corrected chi connectivity index (χ0v) is 20.3. The van der Waals surface area contributed by atoms with Crippen LogP contribution in [0.4, 0.5) is 13.2 Å². The van der Waals surface area contributed by atoms with Crippen molar-refractivity contribution in [1.29, 1.82) is 0 Å². The first-order chi connectivity index (χ1) is 16.4. The van der Waals surface area contributed by atoms with Gasteiger partial charge >= 0.3 is 6.36 Å². The molecule has 0 heterocycles. The molecule has 0 unspecified atom stereocenters. The zero-order valence-electron chi connectivity index (χ0n) is 20.3. The molecule has 1 nitrogen and oxygen atoms in total. The van der Waals surface area contributed by atoms with Crippen molar-refractivity contribution in [2.45, 2.75) is 90.3 Å². The lowest BCUT2D eigenvalue weighted by Gasteiger charge is -2.28. The highest BCUT2D eigenvalue weighted by Gasteiger charge is 2.30. The SMILES string of the molecule is CCCCCCCC1CCC(CCc2ccc(C#Cc3ccc(OC(F)(F)F)cc3)cc2)CC1. The van der Waals surface area contributed by atoms with Crippen LogP contribution in [0, 0.1) is 23.7 Å². The van der Waals surface area contributed by atoms with Crippen LogP contribution in [0.15, 0.2) is 48.5 Å². The van der Waals surface area contributed by atoms with Crippen molar-refractivity contribution in [2.24, 2.45) is 11.8 Å². The largest absolute Gasteiger partial charge is 0.573 e. The summed E-state index contributed by atoms with van der Waals surface area (Å²) in [6.45, 7) is 2.27. The molecular formula is C30H37F3O. The second-order valence-corrected chi connectivity index (χ2v) is 9.65. The van der Waals surface area contributed by atoms with E-state index in [-0.39, 0.29) is 5.75 Å². The Balaban J connectivity index is 1.37. The number of halogens is 3. The molecule has 184 valence electrons. The summed E-state index contributed by atoms with van der Waals surface area (Å²) >= 11 is 0. The molecule has 0 atom stereocenters. The Morgan fingerprint density at radius 1 is 0.735 bits per heavy atom. The molecule has 4 heteroatoms. The van der Waals surface area contributed by atoms with Gasteiger partial charge in [0.2, 0.25) is 0 Å². The molecule has 0 spiro atoms. The minimum absolute atomic E-state index is 0.238. The molecule has 0 N–H and O–H groups in total. The average molecular weight is 471 g/mol. The number of hydrogen-bond acceptors (Lipinski definition) is 1. The summed E-state index contributed by atoms with van der Waals surface area (Å²) in [5.74, 6) is 7.66. The second kappa shape index (κ2) is 13.5. The number of rotatable bonds is 10.